The van der Waals surface area contributed by atoms with Crippen LogP contribution in [0.3, 0.4) is 0 Å². The number of hydrogen-bond donors (Lipinski definition) is 1. The lowest BCUT2D eigenvalue weighted by Crippen LogP contribution is -2.10. The van der Waals surface area contributed by atoms with Crippen LogP contribution in [0.2, 0.25) is 0 Å². The minimum Gasteiger partial charge on any atom is -0.284 e. The van der Waals surface area contributed by atoms with Crippen molar-refractivity contribution < 1.29 is 18.0 Å². The van der Waals surface area contributed by atoms with Gasteiger partial charge in [0.05, 0.1) is 22.3 Å². The van der Waals surface area contributed by atoms with Crippen molar-refractivity contribution in [2.45, 2.75) is 30.8 Å². The molecule has 1 aliphatic heterocycles. The lowest BCUT2D eigenvalue weighted by Gasteiger charge is -2.19. The van der Waals surface area contributed by atoms with Gasteiger partial charge in [0.2, 0.25) is 10.0 Å². The summed E-state index contributed by atoms with van der Waals surface area (Å²) in [6.07, 6.45) is -3.59. The van der Waals surface area contributed by atoms with Crippen molar-refractivity contribution in [3.63, 3.8) is 0 Å². The van der Waals surface area contributed by atoms with Crippen LogP contribution in [0.5, 0.6) is 0 Å². The molecule has 0 spiro atoms. The number of thiol groups is 1. The molecule has 33 heavy (non-hydrogen) atoms. The first-order valence-corrected chi connectivity index (χ1v) is 11.8. The van der Waals surface area contributed by atoms with Gasteiger partial charge in [-0.05, 0) is 47.7 Å². The molecule has 0 radical (unpaired) electrons. The van der Waals surface area contributed by atoms with Crippen molar-refractivity contribution in [1.29, 1.82) is 0 Å². The van der Waals surface area contributed by atoms with E-state index in [1.165, 1.54) is 0 Å². The number of pyridine rings is 1. The summed E-state index contributed by atoms with van der Waals surface area (Å²) in [5, 5.41) is 9.16. The second-order valence-corrected chi connectivity index (χ2v) is 9.88. The van der Waals surface area contributed by atoms with E-state index in [1.54, 1.807) is 31.3 Å². The summed E-state index contributed by atoms with van der Waals surface area (Å²) in [4.78, 5) is 25.7. The lowest BCUT2D eigenvalue weighted by molar-refractivity contribution is -0.132. The van der Waals surface area contributed by atoms with Gasteiger partial charge in [-0.1, -0.05) is 18.2 Å². The summed E-state index contributed by atoms with van der Waals surface area (Å²) in [6, 6.07) is 14.6. The van der Waals surface area contributed by atoms with Gasteiger partial charge < -0.3 is 0 Å². The Hall–Kier alpha value is -3.36. The summed E-state index contributed by atoms with van der Waals surface area (Å²) in [6.45, 7) is 2.31. The van der Waals surface area contributed by atoms with Crippen LogP contribution in [0.1, 0.15) is 28.8 Å². The molecule has 3 aromatic rings. The first-order chi connectivity index (χ1) is 15.8. The number of fused-ring (bicyclic) bond motifs is 1. The highest BCUT2D eigenvalue weighted by molar-refractivity contribution is 8.30. The first-order valence-electron chi connectivity index (χ1n) is 10.3. The highest BCUT2D eigenvalue weighted by Crippen LogP contribution is 2.44. The average Bonchev–Trinajstić information content (AvgIpc) is 3.26. The highest BCUT2D eigenvalue weighted by Gasteiger charge is 2.30. The molecule has 0 aliphatic carbocycles. The molecule has 4 rings (SSSR count). The van der Waals surface area contributed by atoms with Crippen LogP contribution in [0.15, 0.2) is 74.8 Å². The Bertz CT molecular complexity index is 1300. The highest BCUT2D eigenvalue weighted by atomic mass is 32.2. The van der Waals surface area contributed by atoms with Crippen LogP contribution >= 0.6 is 10.9 Å². The van der Waals surface area contributed by atoms with E-state index in [0.717, 1.165) is 21.6 Å². The van der Waals surface area contributed by atoms with Gasteiger partial charge in [0.25, 0.3) is 0 Å². The molecule has 6 nitrogen and oxygen atoms in total. The van der Waals surface area contributed by atoms with E-state index in [1.807, 2.05) is 30.3 Å². The standard InChI is InChI=1S/C23H21F3N5OS/c1-15-12-18(33-11-10-27-21(33)8-9-23(24,25)26)6-7-19(15)22(32)30-31-29-17-13-16-4-2-3-5-20(16)28-14-17/h2-7,12-14,33H,8-11H2,1H3/q+1. The topological polar surface area (TPSA) is 81.1 Å². The van der Waals surface area contributed by atoms with Crippen molar-refractivity contribution in [3.8, 4) is 0 Å². The summed E-state index contributed by atoms with van der Waals surface area (Å²) in [5.41, 5.74) is 2.37. The lowest BCUT2D eigenvalue weighted by atomic mass is 10.1. The molecule has 2 aromatic carbocycles. The number of amides is 1. The molecular weight excluding hydrogens is 451 g/mol. The third-order valence-electron chi connectivity index (χ3n) is 5.19. The number of rotatable bonds is 5. The third-order valence-corrected chi connectivity index (χ3v) is 7.72. The van der Waals surface area contributed by atoms with E-state index in [0.29, 0.717) is 28.4 Å². The van der Waals surface area contributed by atoms with E-state index in [2.05, 4.69) is 25.1 Å². The predicted octanol–water partition coefficient (Wildman–Crippen LogP) is 6.10. The Labute approximate surface area is 190 Å². The van der Waals surface area contributed by atoms with Crippen LogP contribution in [0.25, 0.3) is 10.9 Å². The number of carbonyl (C=O) groups is 1. The molecule has 1 atom stereocenters. The Morgan fingerprint density at radius 3 is 2.79 bits per heavy atom. The molecule has 1 amide bonds. The summed E-state index contributed by atoms with van der Waals surface area (Å²) >= 11 is 0. The molecule has 0 bridgehead atoms. The largest absolute Gasteiger partial charge is 0.389 e. The number of aromatic nitrogens is 1. The second kappa shape index (κ2) is 9.64. The van der Waals surface area contributed by atoms with Crippen LogP contribution in [-0.2, 0) is 0 Å². The molecule has 0 saturated carbocycles. The number of hydrogen-bond acceptors (Lipinski definition) is 4. The number of halogens is 3. The van der Waals surface area contributed by atoms with Gasteiger partial charge in [0.1, 0.15) is 0 Å². The number of para-hydroxylation sites is 1. The second-order valence-electron chi connectivity index (χ2n) is 7.54. The van der Waals surface area contributed by atoms with Gasteiger partial charge in [-0.2, -0.15) is 24.1 Å². The van der Waals surface area contributed by atoms with Gasteiger partial charge in [-0.25, -0.2) is 0 Å². The van der Waals surface area contributed by atoms with Crippen molar-refractivity contribution in [1.82, 2.24) is 9.90 Å². The van der Waals surface area contributed by atoms with Gasteiger partial charge >= 0.3 is 12.1 Å². The van der Waals surface area contributed by atoms with Gasteiger partial charge in [-0.3, -0.25) is 14.8 Å². The molecular formula is C23H21F3N5OS+. The average molecular weight is 473 g/mol. The van der Waals surface area contributed by atoms with Crippen LogP contribution < -0.4 is 4.91 Å². The third kappa shape index (κ3) is 5.71. The van der Waals surface area contributed by atoms with Crippen molar-refractivity contribution in [2.75, 3.05) is 12.3 Å². The SMILES string of the molecule is Cc1cc([SH]2CCN=C2CCC(F)(F)F)ccc1C(=O)N=[N+]=Nc1cnc2ccccc2c1. The monoisotopic (exact) mass is 472 g/mol. The molecule has 0 fully saturated rings. The van der Waals surface area contributed by atoms with Crippen LogP contribution in [0, 0.1) is 6.92 Å². The predicted molar refractivity (Wildman–Crippen MR) is 124 cm³/mol. The summed E-state index contributed by atoms with van der Waals surface area (Å²) < 4.78 is 37.8. The molecule has 170 valence electrons. The fourth-order valence-corrected chi connectivity index (χ4v) is 5.95. The van der Waals surface area contributed by atoms with Crippen LogP contribution in [0.4, 0.5) is 18.9 Å². The minimum absolute atomic E-state index is 0.0751. The molecule has 1 aliphatic rings. The number of benzene rings is 2. The maximum absolute atomic E-state index is 12.6. The minimum atomic E-state index is -4.20. The Balaban J connectivity index is 1.47. The van der Waals surface area contributed by atoms with E-state index in [4.69, 9.17) is 0 Å². The van der Waals surface area contributed by atoms with Gasteiger partial charge in [0, 0.05) is 30.5 Å². The zero-order valence-electron chi connectivity index (χ0n) is 17.8. The fraction of sp³-hybridized carbons (Fsp3) is 0.261. The molecule has 10 heteroatoms. The van der Waals surface area contributed by atoms with Crippen molar-refractivity contribution in [2.24, 2.45) is 15.2 Å². The zero-order valence-corrected chi connectivity index (χ0v) is 18.6. The molecule has 0 saturated heterocycles. The smallest absolute Gasteiger partial charge is 0.284 e. The van der Waals surface area contributed by atoms with Crippen LogP contribution in [-0.4, -0.2) is 34.4 Å². The quantitative estimate of drug-likeness (QED) is 0.276. The molecule has 2 heterocycles. The van der Waals surface area contributed by atoms with Crippen molar-refractivity contribution in [3.05, 3.63) is 65.9 Å². The van der Waals surface area contributed by atoms with Crippen molar-refractivity contribution >= 4 is 38.4 Å². The number of nitrogens with zero attached hydrogens (tertiary/aromatic N) is 5. The van der Waals surface area contributed by atoms with E-state index in [9.17, 15) is 18.0 Å². The number of carbonyl (C=O) groups excluding carboxylic acids is 1. The Morgan fingerprint density at radius 2 is 2.00 bits per heavy atom. The maximum atomic E-state index is 12.6. The first kappa shape index (κ1) is 22.8. The van der Waals surface area contributed by atoms with E-state index < -0.39 is 29.4 Å². The Kier molecular flexibility index (Phi) is 6.67. The summed E-state index contributed by atoms with van der Waals surface area (Å²) in [5.74, 6) is 0.190. The molecule has 1 unspecified atom stereocenters. The maximum Gasteiger partial charge on any atom is 0.389 e. The Morgan fingerprint density at radius 1 is 1.18 bits per heavy atom. The van der Waals surface area contributed by atoms with E-state index in [-0.39, 0.29) is 6.42 Å². The number of aliphatic imine (C=N–C) groups is 1. The molecule has 1 aromatic heterocycles. The van der Waals surface area contributed by atoms with Gasteiger partial charge in [-0.15, -0.1) is 0 Å². The van der Waals surface area contributed by atoms with E-state index >= 15 is 0 Å². The normalized spacial score (nSPS) is 16.8. The van der Waals surface area contributed by atoms with Gasteiger partial charge in [0.15, 0.2) is 10.8 Å². The number of alkyl halides is 3. The number of aryl methyl sites for hydroxylation is 1. The fourth-order valence-electron chi connectivity index (χ4n) is 3.58. The molecule has 0 N–H and O–H groups in total. The summed E-state index contributed by atoms with van der Waals surface area (Å²) in [7, 11) is -0.901. The zero-order chi connectivity index (χ0) is 23.4.